The Morgan fingerprint density at radius 1 is 1.14 bits per heavy atom. The van der Waals surface area contributed by atoms with Crippen LogP contribution in [-0.4, -0.2) is 38.6 Å². The van der Waals surface area contributed by atoms with Crippen molar-refractivity contribution in [2.24, 2.45) is 14.1 Å². The second-order valence-corrected chi connectivity index (χ2v) is 9.58. The number of aryl methyl sites for hydroxylation is 2. The van der Waals surface area contributed by atoms with Crippen molar-refractivity contribution < 1.29 is 8.42 Å². The molecule has 0 aliphatic carbocycles. The average Bonchev–Trinajstić information content (AvgIpc) is 3.27. The molecule has 0 unspecified atom stereocenters. The molecule has 8 heteroatoms. The number of imidazole rings is 1. The van der Waals surface area contributed by atoms with Crippen molar-refractivity contribution in [3.05, 3.63) is 65.4 Å². The summed E-state index contributed by atoms with van der Waals surface area (Å²) in [5.41, 5.74) is 3.19. The fraction of sp³-hybridized carbons (Fsp3) is 0.400. The molecule has 0 spiro atoms. The number of nitrogens with zero attached hydrogens (tertiary/aromatic N) is 5. The van der Waals surface area contributed by atoms with E-state index < -0.39 is 10.0 Å². The zero-order chi connectivity index (χ0) is 20.1. The van der Waals surface area contributed by atoms with Crippen molar-refractivity contribution in [2.75, 3.05) is 6.54 Å². The lowest BCUT2D eigenvalue weighted by molar-refractivity contribution is 0.370. The van der Waals surface area contributed by atoms with Crippen molar-refractivity contribution in [3.63, 3.8) is 0 Å². The Morgan fingerprint density at radius 2 is 1.89 bits per heavy atom. The number of fused-ring (bicyclic) bond motifs is 1. The lowest BCUT2D eigenvalue weighted by Crippen LogP contribution is -2.38. The predicted octanol–water partition coefficient (Wildman–Crippen LogP) is 2.61. The van der Waals surface area contributed by atoms with Crippen LogP contribution in [0.25, 0.3) is 0 Å². The van der Waals surface area contributed by atoms with Gasteiger partial charge in [-0.3, -0.25) is 4.68 Å². The fourth-order valence-corrected chi connectivity index (χ4v) is 5.33. The molecule has 0 saturated carbocycles. The second-order valence-electron chi connectivity index (χ2n) is 7.70. The molecule has 2 aromatic heterocycles. The lowest BCUT2D eigenvalue weighted by atomic mass is 9.87. The molecular formula is C20H25N5O2S. The minimum Gasteiger partial charge on any atom is -0.336 e. The summed E-state index contributed by atoms with van der Waals surface area (Å²) in [7, 11) is 0.00785. The molecule has 1 aliphatic heterocycles. The highest BCUT2D eigenvalue weighted by atomic mass is 32.2. The van der Waals surface area contributed by atoms with Gasteiger partial charge in [0.15, 0.2) is 5.03 Å². The van der Waals surface area contributed by atoms with Crippen molar-refractivity contribution in [1.29, 1.82) is 0 Å². The fourth-order valence-electron chi connectivity index (χ4n) is 3.91. The summed E-state index contributed by atoms with van der Waals surface area (Å²) in [5.74, 6) is 0.862. The molecule has 0 radical (unpaired) electrons. The van der Waals surface area contributed by atoms with Gasteiger partial charge in [0, 0.05) is 51.4 Å². The Labute approximate surface area is 165 Å². The number of benzene rings is 1. The first kappa shape index (κ1) is 18.9. The van der Waals surface area contributed by atoms with Crippen molar-refractivity contribution in [3.8, 4) is 0 Å². The highest BCUT2D eigenvalue weighted by molar-refractivity contribution is 7.89. The van der Waals surface area contributed by atoms with Gasteiger partial charge in [-0.15, -0.1) is 0 Å². The molecule has 0 saturated heterocycles. The number of hydrogen-bond acceptors (Lipinski definition) is 4. The molecule has 0 bridgehead atoms. The molecule has 1 atom stereocenters. The van der Waals surface area contributed by atoms with Crippen LogP contribution in [0.5, 0.6) is 0 Å². The maximum absolute atomic E-state index is 13.4. The third-order valence-electron chi connectivity index (χ3n) is 5.30. The first-order valence-corrected chi connectivity index (χ1v) is 10.8. The van der Waals surface area contributed by atoms with Gasteiger partial charge in [-0.2, -0.15) is 9.40 Å². The zero-order valence-corrected chi connectivity index (χ0v) is 17.4. The minimum absolute atomic E-state index is 0.0540. The molecule has 0 N–H and O–H groups in total. The maximum Gasteiger partial charge on any atom is 0.262 e. The molecule has 0 fully saturated rings. The maximum atomic E-state index is 13.4. The van der Waals surface area contributed by atoms with Crippen LogP contribution in [0.15, 0.2) is 47.9 Å². The predicted molar refractivity (Wildman–Crippen MR) is 106 cm³/mol. The Kier molecular flexibility index (Phi) is 4.63. The summed E-state index contributed by atoms with van der Waals surface area (Å²) in [6.45, 7) is 4.74. The van der Waals surface area contributed by atoms with Gasteiger partial charge in [0.2, 0.25) is 0 Å². The summed E-state index contributed by atoms with van der Waals surface area (Å²) in [6.07, 6.45) is 5.38. The zero-order valence-electron chi connectivity index (χ0n) is 16.6. The summed E-state index contributed by atoms with van der Waals surface area (Å²) in [6, 6.07) is 8.03. The van der Waals surface area contributed by atoms with E-state index in [9.17, 15) is 8.42 Å². The van der Waals surface area contributed by atoms with Gasteiger partial charge >= 0.3 is 0 Å². The monoisotopic (exact) mass is 399 g/mol. The highest BCUT2D eigenvalue weighted by Gasteiger charge is 2.36. The van der Waals surface area contributed by atoms with Crippen LogP contribution in [0.2, 0.25) is 0 Å². The third kappa shape index (κ3) is 3.16. The van der Waals surface area contributed by atoms with Crippen molar-refractivity contribution in [2.45, 2.75) is 37.3 Å². The minimum atomic E-state index is -3.70. The summed E-state index contributed by atoms with van der Waals surface area (Å²) in [5, 5.41) is 4.39. The van der Waals surface area contributed by atoms with Crippen LogP contribution in [0, 0.1) is 0 Å². The average molecular weight is 400 g/mol. The van der Waals surface area contributed by atoms with E-state index in [1.54, 1.807) is 19.8 Å². The van der Waals surface area contributed by atoms with E-state index in [0.29, 0.717) is 13.1 Å². The van der Waals surface area contributed by atoms with Gasteiger partial charge in [-0.1, -0.05) is 38.1 Å². The van der Waals surface area contributed by atoms with E-state index in [2.05, 4.69) is 16.1 Å². The molecule has 148 valence electrons. The summed E-state index contributed by atoms with van der Waals surface area (Å²) >= 11 is 0. The molecule has 3 heterocycles. The largest absolute Gasteiger partial charge is 0.336 e. The summed E-state index contributed by atoms with van der Waals surface area (Å²) in [4.78, 5) is 4.43. The van der Waals surface area contributed by atoms with E-state index in [4.69, 9.17) is 0 Å². The van der Waals surface area contributed by atoms with Gasteiger partial charge in [-0.05, 0) is 16.7 Å². The van der Waals surface area contributed by atoms with Crippen LogP contribution in [0.3, 0.4) is 0 Å². The molecule has 7 nitrogen and oxygen atoms in total. The Balaban J connectivity index is 1.75. The van der Waals surface area contributed by atoms with E-state index >= 15 is 0 Å². The molecule has 3 aromatic rings. The van der Waals surface area contributed by atoms with Crippen LogP contribution in [-0.2, 0) is 30.7 Å². The molecule has 1 aromatic carbocycles. The third-order valence-corrected chi connectivity index (χ3v) is 6.98. The molecule has 1 aliphatic rings. The number of rotatable bonds is 4. The Morgan fingerprint density at radius 3 is 2.54 bits per heavy atom. The molecule has 4 rings (SSSR count). The smallest absolute Gasteiger partial charge is 0.262 e. The number of aromatic nitrogens is 4. The van der Waals surface area contributed by atoms with Gasteiger partial charge in [0.1, 0.15) is 5.82 Å². The number of hydrogen-bond donors (Lipinski definition) is 0. The van der Waals surface area contributed by atoms with Gasteiger partial charge < -0.3 is 4.57 Å². The van der Waals surface area contributed by atoms with E-state index in [1.165, 1.54) is 0 Å². The van der Waals surface area contributed by atoms with Gasteiger partial charge in [-0.25, -0.2) is 13.4 Å². The Hall–Kier alpha value is -2.45. The molecular weight excluding hydrogens is 374 g/mol. The second kappa shape index (κ2) is 6.86. The van der Waals surface area contributed by atoms with Crippen LogP contribution < -0.4 is 0 Å². The topological polar surface area (TPSA) is 73.0 Å². The van der Waals surface area contributed by atoms with Gasteiger partial charge in [0.05, 0.1) is 6.20 Å². The quantitative estimate of drug-likeness (QED) is 0.676. The summed E-state index contributed by atoms with van der Waals surface area (Å²) < 4.78 is 31.9. The normalized spacial score (nSPS) is 17.8. The molecule has 0 amide bonds. The van der Waals surface area contributed by atoms with Gasteiger partial charge in [0.25, 0.3) is 10.0 Å². The van der Waals surface area contributed by atoms with Crippen molar-refractivity contribution >= 4 is 10.0 Å². The van der Waals surface area contributed by atoms with Crippen LogP contribution >= 0.6 is 0 Å². The van der Waals surface area contributed by atoms with Crippen LogP contribution in [0.1, 0.15) is 48.2 Å². The van der Waals surface area contributed by atoms with E-state index in [-0.39, 0.29) is 16.9 Å². The van der Waals surface area contributed by atoms with E-state index in [0.717, 1.165) is 22.5 Å². The standard InChI is InChI=1S/C20H25N5O2S/c1-14(2)20-22-19(13-23(20)3)28(26,27)25-11-15-7-5-6-8-17(15)18(12-25)16-9-21-24(4)10-16/h5-10,13-14,18H,11-12H2,1-4H3/t18-/m0/s1. The van der Waals surface area contributed by atoms with E-state index in [1.807, 2.05) is 58.5 Å². The highest BCUT2D eigenvalue weighted by Crippen LogP contribution is 2.35. The van der Waals surface area contributed by atoms with Crippen LogP contribution in [0.4, 0.5) is 0 Å². The SMILES string of the molecule is CC(C)c1nc(S(=O)(=O)N2Cc3ccccc3[C@H](c3cnn(C)c3)C2)cn1C. The lowest BCUT2D eigenvalue weighted by Gasteiger charge is -2.33. The first-order chi connectivity index (χ1) is 13.3. The van der Waals surface area contributed by atoms with Crippen molar-refractivity contribution in [1.82, 2.24) is 23.6 Å². The Bertz CT molecular complexity index is 1110. The number of sulfonamides is 1. The molecule has 28 heavy (non-hydrogen) atoms. The first-order valence-electron chi connectivity index (χ1n) is 9.37.